The van der Waals surface area contributed by atoms with E-state index in [1.165, 1.54) is 6.07 Å². The van der Waals surface area contributed by atoms with E-state index in [9.17, 15) is 12.8 Å². The summed E-state index contributed by atoms with van der Waals surface area (Å²) in [7, 11) is -3.47. The van der Waals surface area contributed by atoms with E-state index in [1.807, 2.05) is 6.07 Å². The molecule has 0 radical (unpaired) electrons. The number of hydrogen-bond acceptors (Lipinski definition) is 2. The summed E-state index contributed by atoms with van der Waals surface area (Å²) in [6.07, 6.45) is 6.32. The summed E-state index contributed by atoms with van der Waals surface area (Å²) in [5, 5.41) is 0. The molecular weight excluding hydrogens is 315 g/mol. The van der Waals surface area contributed by atoms with Crippen molar-refractivity contribution in [2.24, 2.45) is 11.8 Å². The molecule has 4 nitrogen and oxygen atoms in total. The number of fused-ring (bicyclic) bond motifs is 3. The number of nitrogens with one attached hydrogen (secondary N) is 2. The van der Waals surface area contributed by atoms with Gasteiger partial charge in [0.1, 0.15) is 5.82 Å². The average molecular weight is 338 g/mol. The highest BCUT2D eigenvalue weighted by atomic mass is 32.2. The summed E-state index contributed by atoms with van der Waals surface area (Å²) in [6, 6.07) is 5.25. The molecule has 0 saturated heterocycles. The van der Waals surface area contributed by atoms with Crippen LogP contribution < -0.4 is 9.44 Å². The van der Waals surface area contributed by atoms with E-state index >= 15 is 0 Å². The highest BCUT2D eigenvalue weighted by Crippen LogP contribution is 2.41. The van der Waals surface area contributed by atoms with Crippen LogP contribution in [-0.4, -0.2) is 20.5 Å². The molecule has 2 saturated carbocycles. The van der Waals surface area contributed by atoms with Crippen molar-refractivity contribution >= 4 is 10.2 Å². The normalized spacial score (nSPS) is 30.6. The summed E-state index contributed by atoms with van der Waals surface area (Å²) in [5.41, 5.74) is 1.84. The molecule has 2 N–H and O–H groups in total. The third-order valence-electron chi connectivity index (χ3n) is 5.81. The van der Waals surface area contributed by atoms with Gasteiger partial charge in [-0.2, -0.15) is 17.9 Å². The first-order valence-electron chi connectivity index (χ1n) is 8.58. The molecule has 0 aliphatic heterocycles. The van der Waals surface area contributed by atoms with Gasteiger partial charge in [0, 0.05) is 12.1 Å². The zero-order chi connectivity index (χ0) is 16.0. The number of rotatable bonds is 4. The van der Waals surface area contributed by atoms with Gasteiger partial charge in [-0.25, -0.2) is 4.39 Å². The van der Waals surface area contributed by atoms with Gasteiger partial charge in [-0.1, -0.05) is 18.6 Å². The molecule has 2 fully saturated rings. The lowest BCUT2D eigenvalue weighted by Gasteiger charge is -2.29. The lowest BCUT2D eigenvalue weighted by atomic mass is 9.93. The van der Waals surface area contributed by atoms with Gasteiger partial charge in [-0.05, 0) is 67.6 Å². The van der Waals surface area contributed by atoms with Crippen LogP contribution in [0.3, 0.4) is 0 Å². The Bertz CT molecular complexity index is 703. The smallest absolute Gasteiger partial charge is 0.207 e. The van der Waals surface area contributed by atoms with Crippen LogP contribution >= 0.6 is 0 Å². The molecule has 126 valence electrons. The number of hydrogen-bond donors (Lipinski definition) is 2. The lowest BCUT2D eigenvalue weighted by molar-refractivity contribution is 0.360. The van der Waals surface area contributed by atoms with Crippen molar-refractivity contribution in [1.82, 2.24) is 9.44 Å². The second-order valence-corrected chi connectivity index (χ2v) is 8.75. The maximum atomic E-state index is 14.1. The third-order valence-corrected chi connectivity index (χ3v) is 7.03. The highest BCUT2D eigenvalue weighted by Gasteiger charge is 2.41. The van der Waals surface area contributed by atoms with Gasteiger partial charge >= 0.3 is 0 Å². The molecule has 4 rings (SSSR count). The van der Waals surface area contributed by atoms with Gasteiger partial charge in [0.2, 0.25) is 0 Å². The van der Waals surface area contributed by atoms with Gasteiger partial charge in [0.05, 0.1) is 0 Å². The van der Waals surface area contributed by atoms with E-state index in [2.05, 4.69) is 9.44 Å². The standard InChI is InChI=1S/C17H23FN2O2S/c18-16-6-1-3-11-9-12-7-8-13(10-15(11)16)17(12)20-23(21,22)19-14-4-2-5-14/h1,3,6,12-14,17,19-20H,2,4-5,7-10H2/t12-,13+,17-/m1/s1. The van der Waals surface area contributed by atoms with Crippen LogP contribution in [0.2, 0.25) is 0 Å². The topological polar surface area (TPSA) is 58.2 Å². The van der Waals surface area contributed by atoms with E-state index in [-0.39, 0.29) is 29.7 Å². The Morgan fingerprint density at radius 1 is 1.00 bits per heavy atom. The fraction of sp³-hybridized carbons (Fsp3) is 0.647. The Labute approximate surface area is 137 Å². The van der Waals surface area contributed by atoms with E-state index in [0.29, 0.717) is 6.42 Å². The summed E-state index contributed by atoms with van der Waals surface area (Å²) in [6.45, 7) is 0. The Morgan fingerprint density at radius 3 is 2.43 bits per heavy atom. The van der Waals surface area contributed by atoms with Gasteiger partial charge < -0.3 is 0 Å². The van der Waals surface area contributed by atoms with Crippen LogP contribution in [0.1, 0.15) is 43.2 Å². The second kappa shape index (κ2) is 5.83. The van der Waals surface area contributed by atoms with E-state index < -0.39 is 10.2 Å². The predicted octanol–water partition coefficient (Wildman–Crippen LogP) is 2.30. The first-order valence-corrected chi connectivity index (χ1v) is 10.1. The van der Waals surface area contributed by atoms with E-state index in [0.717, 1.165) is 49.7 Å². The van der Waals surface area contributed by atoms with Gasteiger partial charge in [0.15, 0.2) is 0 Å². The summed E-state index contributed by atoms with van der Waals surface area (Å²) in [4.78, 5) is 0. The van der Waals surface area contributed by atoms with Crippen molar-refractivity contribution in [3.63, 3.8) is 0 Å². The van der Waals surface area contributed by atoms with Crippen molar-refractivity contribution in [3.8, 4) is 0 Å². The van der Waals surface area contributed by atoms with Crippen LogP contribution in [-0.2, 0) is 23.1 Å². The summed E-state index contributed by atoms with van der Waals surface area (Å²) >= 11 is 0. The van der Waals surface area contributed by atoms with Crippen LogP contribution in [0.15, 0.2) is 18.2 Å². The van der Waals surface area contributed by atoms with Crippen molar-refractivity contribution < 1.29 is 12.8 Å². The SMILES string of the molecule is O=S(=O)(NC1CCC1)N[C@@H]1[C@@H]2CC[C@H]1Cc1c(F)cccc1C2. The molecule has 1 aromatic rings. The monoisotopic (exact) mass is 338 g/mol. The van der Waals surface area contributed by atoms with Crippen molar-refractivity contribution in [2.75, 3.05) is 0 Å². The number of halogens is 1. The zero-order valence-electron chi connectivity index (χ0n) is 13.1. The van der Waals surface area contributed by atoms with Crippen LogP contribution in [0, 0.1) is 17.7 Å². The van der Waals surface area contributed by atoms with Crippen LogP contribution in [0.25, 0.3) is 0 Å². The van der Waals surface area contributed by atoms with E-state index in [1.54, 1.807) is 6.07 Å². The molecule has 0 unspecified atom stereocenters. The molecule has 3 aliphatic carbocycles. The molecule has 6 heteroatoms. The van der Waals surface area contributed by atoms with Gasteiger partial charge in [0.25, 0.3) is 10.2 Å². The highest BCUT2D eigenvalue weighted by molar-refractivity contribution is 7.87. The number of benzene rings is 1. The molecule has 0 spiro atoms. The molecule has 1 aromatic carbocycles. The first kappa shape index (κ1) is 15.5. The third kappa shape index (κ3) is 3.04. The van der Waals surface area contributed by atoms with Gasteiger partial charge in [-0.3, -0.25) is 0 Å². The minimum Gasteiger partial charge on any atom is -0.207 e. The molecular formula is C17H23FN2O2S. The Balaban J connectivity index is 1.54. The second-order valence-electron chi connectivity index (χ2n) is 7.28. The maximum absolute atomic E-state index is 14.1. The Hall–Kier alpha value is -0.980. The molecule has 23 heavy (non-hydrogen) atoms. The molecule has 3 aliphatic rings. The molecule has 0 amide bonds. The predicted molar refractivity (Wildman–Crippen MR) is 86.6 cm³/mol. The Morgan fingerprint density at radius 2 is 1.74 bits per heavy atom. The molecule has 2 bridgehead atoms. The fourth-order valence-electron chi connectivity index (χ4n) is 4.35. The quantitative estimate of drug-likeness (QED) is 0.885. The molecule has 3 atom stereocenters. The first-order chi connectivity index (χ1) is 11.0. The summed E-state index contributed by atoms with van der Waals surface area (Å²) < 4.78 is 44.5. The Kier molecular flexibility index (Phi) is 3.94. The van der Waals surface area contributed by atoms with E-state index in [4.69, 9.17) is 0 Å². The molecule has 0 heterocycles. The van der Waals surface area contributed by atoms with Crippen LogP contribution in [0.4, 0.5) is 4.39 Å². The van der Waals surface area contributed by atoms with Crippen LogP contribution in [0.5, 0.6) is 0 Å². The lowest BCUT2D eigenvalue weighted by Crippen LogP contribution is -2.51. The van der Waals surface area contributed by atoms with Crippen molar-refractivity contribution in [2.45, 2.75) is 57.0 Å². The molecule has 0 aromatic heterocycles. The fourth-order valence-corrected chi connectivity index (χ4v) is 5.83. The maximum Gasteiger partial charge on any atom is 0.277 e. The van der Waals surface area contributed by atoms with Crippen molar-refractivity contribution in [1.29, 1.82) is 0 Å². The average Bonchev–Trinajstić information content (AvgIpc) is 2.70. The zero-order valence-corrected chi connectivity index (χ0v) is 13.9. The van der Waals surface area contributed by atoms with Crippen molar-refractivity contribution in [3.05, 3.63) is 35.1 Å². The minimum absolute atomic E-state index is 0.0839. The van der Waals surface area contributed by atoms with Gasteiger partial charge in [-0.15, -0.1) is 0 Å². The minimum atomic E-state index is -3.47. The summed E-state index contributed by atoms with van der Waals surface area (Å²) in [5.74, 6) is 0.307. The largest absolute Gasteiger partial charge is 0.277 e.